The minimum Gasteiger partial charge on any atom is -0.488 e. The third kappa shape index (κ3) is 5.45. The molecule has 1 N–H and O–H groups in total. The van der Waals surface area contributed by atoms with E-state index in [-0.39, 0.29) is 24.5 Å². The largest absolute Gasteiger partial charge is 0.488 e. The second-order valence-corrected chi connectivity index (χ2v) is 7.33. The van der Waals surface area contributed by atoms with Crippen molar-refractivity contribution in [1.29, 1.82) is 0 Å². The van der Waals surface area contributed by atoms with Gasteiger partial charge in [0.15, 0.2) is 0 Å². The number of hydrogen-bond donors (Lipinski definition) is 1. The third-order valence-electron chi connectivity index (χ3n) is 5.02. The number of para-hydroxylation sites is 2. The molecule has 1 saturated carbocycles. The van der Waals surface area contributed by atoms with Crippen LogP contribution in [0.2, 0.25) is 0 Å². The van der Waals surface area contributed by atoms with Crippen molar-refractivity contribution < 1.29 is 22.6 Å². The first-order valence-electron chi connectivity index (χ1n) is 10.1. The van der Waals surface area contributed by atoms with Gasteiger partial charge in [-0.1, -0.05) is 42.5 Å². The molecule has 1 aromatic heterocycles. The fraction of sp³-hybridized carbons (Fsp3) is 0.304. The second-order valence-electron chi connectivity index (χ2n) is 7.33. The van der Waals surface area contributed by atoms with Gasteiger partial charge in [0.2, 0.25) is 0 Å². The van der Waals surface area contributed by atoms with Crippen LogP contribution in [0.5, 0.6) is 11.8 Å². The summed E-state index contributed by atoms with van der Waals surface area (Å²) >= 11 is 0. The maximum Gasteiger partial charge on any atom is 0.421 e. The van der Waals surface area contributed by atoms with Gasteiger partial charge in [-0.05, 0) is 43.4 Å². The number of halogens is 3. The highest BCUT2D eigenvalue weighted by molar-refractivity contribution is 5.66. The Hall–Kier alpha value is -3.29. The first kappa shape index (κ1) is 21.0. The van der Waals surface area contributed by atoms with Crippen molar-refractivity contribution in [2.45, 2.75) is 44.6 Å². The molecule has 0 amide bonds. The number of ether oxygens (including phenoxy) is 2. The zero-order valence-corrected chi connectivity index (χ0v) is 16.7. The lowest BCUT2D eigenvalue weighted by molar-refractivity contribution is -0.137. The molecule has 4 rings (SSSR count). The normalized spacial score (nSPS) is 14.4. The Kier molecular flexibility index (Phi) is 6.25. The molecule has 8 heteroatoms. The molecule has 0 radical (unpaired) electrons. The van der Waals surface area contributed by atoms with Crippen molar-refractivity contribution >= 4 is 11.5 Å². The average molecular weight is 429 g/mol. The van der Waals surface area contributed by atoms with Crippen LogP contribution in [-0.2, 0) is 12.8 Å². The highest BCUT2D eigenvalue weighted by Gasteiger charge is 2.36. The summed E-state index contributed by atoms with van der Waals surface area (Å²) in [6.07, 6.45) is 0.233. The fourth-order valence-electron chi connectivity index (χ4n) is 3.45. The van der Waals surface area contributed by atoms with Crippen molar-refractivity contribution in [2.75, 3.05) is 5.32 Å². The third-order valence-corrected chi connectivity index (χ3v) is 5.02. The Morgan fingerprint density at radius 2 is 1.68 bits per heavy atom. The van der Waals surface area contributed by atoms with Gasteiger partial charge in [-0.3, -0.25) is 0 Å². The molecule has 0 spiro atoms. The minimum absolute atomic E-state index is 0.0696. The number of hydrogen-bond acceptors (Lipinski definition) is 5. The van der Waals surface area contributed by atoms with Crippen molar-refractivity contribution in [2.24, 2.45) is 0 Å². The van der Waals surface area contributed by atoms with Crippen LogP contribution in [0.15, 0.2) is 60.8 Å². The van der Waals surface area contributed by atoms with Crippen molar-refractivity contribution in [3.8, 4) is 11.8 Å². The van der Waals surface area contributed by atoms with Crippen LogP contribution in [0.3, 0.4) is 0 Å². The summed E-state index contributed by atoms with van der Waals surface area (Å²) in [5.41, 5.74) is 0.290. The maximum absolute atomic E-state index is 13.6. The molecular weight excluding hydrogens is 407 g/mol. The molecule has 0 unspecified atom stereocenters. The number of nitrogens with zero attached hydrogens (tertiary/aromatic N) is 2. The Labute approximate surface area is 178 Å². The lowest BCUT2D eigenvalue weighted by Gasteiger charge is -2.19. The van der Waals surface area contributed by atoms with Gasteiger partial charge in [-0.15, -0.1) is 0 Å². The standard InChI is InChI=1S/C23H22F3N3O2/c24-23(25,26)18-14-27-22(30-15-16-8-2-1-3-9-16)29-21(18)28-19-12-6-7-13-20(19)31-17-10-4-5-11-17/h1-3,6-9,12-14,17H,4-5,10-11,15H2,(H,27,28,29). The summed E-state index contributed by atoms with van der Waals surface area (Å²) in [7, 11) is 0. The smallest absolute Gasteiger partial charge is 0.421 e. The fourth-order valence-corrected chi connectivity index (χ4v) is 3.45. The summed E-state index contributed by atoms with van der Waals surface area (Å²) < 4.78 is 52.2. The molecule has 162 valence electrons. The number of alkyl halides is 3. The molecule has 0 atom stereocenters. The lowest BCUT2D eigenvalue weighted by atomic mass is 10.2. The van der Waals surface area contributed by atoms with Crippen molar-refractivity contribution in [3.05, 3.63) is 71.9 Å². The van der Waals surface area contributed by atoms with E-state index >= 15 is 0 Å². The predicted octanol–water partition coefficient (Wildman–Crippen LogP) is 6.14. The second kappa shape index (κ2) is 9.24. The van der Waals surface area contributed by atoms with Gasteiger partial charge in [0, 0.05) is 6.20 Å². The van der Waals surface area contributed by atoms with Crippen LogP contribution < -0.4 is 14.8 Å². The van der Waals surface area contributed by atoms with E-state index in [4.69, 9.17) is 9.47 Å². The average Bonchev–Trinajstić information content (AvgIpc) is 3.27. The monoisotopic (exact) mass is 429 g/mol. The zero-order valence-electron chi connectivity index (χ0n) is 16.7. The Morgan fingerprint density at radius 3 is 2.42 bits per heavy atom. The number of anilines is 2. The SMILES string of the molecule is FC(F)(F)c1cnc(OCc2ccccc2)nc1Nc1ccccc1OC1CCCC1. The van der Waals surface area contributed by atoms with Crippen LogP contribution in [0.4, 0.5) is 24.7 Å². The molecule has 31 heavy (non-hydrogen) atoms. The summed E-state index contributed by atoms with van der Waals surface area (Å²) in [4.78, 5) is 7.75. The number of aromatic nitrogens is 2. The quantitative estimate of drug-likeness (QED) is 0.489. The number of rotatable bonds is 7. The van der Waals surface area contributed by atoms with Crippen LogP contribution in [0.1, 0.15) is 36.8 Å². The van der Waals surface area contributed by atoms with E-state index in [0.29, 0.717) is 11.4 Å². The van der Waals surface area contributed by atoms with Gasteiger partial charge in [0.1, 0.15) is 23.7 Å². The van der Waals surface area contributed by atoms with E-state index in [1.807, 2.05) is 30.3 Å². The molecule has 1 fully saturated rings. The highest BCUT2D eigenvalue weighted by Crippen LogP contribution is 2.37. The van der Waals surface area contributed by atoms with Crippen LogP contribution in [0.25, 0.3) is 0 Å². The first-order chi connectivity index (χ1) is 15.0. The Balaban J connectivity index is 1.58. The van der Waals surface area contributed by atoms with Gasteiger partial charge in [0.25, 0.3) is 0 Å². The predicted molar refractivity (Wildman–Crippen MR) is 110 cm³/mol. The summed E-state index contributed by atoms with van der Waals surface area (Å²) in [5.74, 6) is 0.112. The zero-order chi connectivity index (χ0) is 21.7. The minimum atomic E-state index is -4.62. The Morgan fingerprint density at radius 1 is 0.968 bits per heavy atom. The molecule has 1 aliphatic carbocycles. The van der Waals surface area contributed by atoms with Gasteiger partial charge < -0.3 is 14.8 Å². The highest BCUT2D eigenvalue weighted by atomic mass is 19.4. The van der Waals surface area contributed by atoms with Crippen LogP contribution in [-0.4, -0.2) is 16.1 Å². The lowest BCUT2D eigenvalue weighted by Crippen LogP contribution is -2.14. The van der Waals surface area contributed by atoms with Crippen molar-refractivity contribution in [3.63, 3.8) is 0 Å². The molecule has 1 aliphatic rings. The van der Waals surface area contributed by atoms with Gasteiger partial charge >= 0.3 is 12.2 Å². The first-order valence-corrected chi connectivity index (χ1v) is 10.1. The molecule has 2 aromatic carbocycles. The van der Waals surface area contributed by atoms with Gasteiger partial charge in [-0.2, -0.15) is 18.2 Å². The van der Waals surface area contributed by atoms with E-state index in [9.17, 15) is 13.2 Å². The van der Waals surface area contributed by atoms with E-state index in [0.717, 1.165) is 37.4 Å². The molecular formula is C23H22F3N3O2. The molecule has 0 bridgehead atoms. The number of benzene rings is 2. The molecule has 0 aliphatic heterocycles. The summed E-state index contributed by atoms with van der Waals surface area (Å²) in [5, 5.41) is 2.78. The van der Waals surface area contributed by atoms with Gasteiger partial charge in [-0.25, -0.2) is 4.98 Å². The van der Waals surface area contributed by atoms with E-state index < -0.39 is 11.7 Å². The molecule has 0 saturated heterocycles. The Bertz CT molecular complexity index is 1010. The van der Waals surface area contributed by atoms with E-state index in [2.05, 4.69) is 15.3 Å². The summed E-state index contributed by atoms with van der Waals surface area (Å²) in [6, 6.07) is 16.0. The van der Waals surface area contributed by atoms with E-state index in [1.165, 1.54) is 0 Å². The topological polar surface area (TPSA) is 56.3 Å². The maximum atomic E-state index is 13.6. The van der Waals surface area contributed by atoms with Crippen LogP contribution in [0, 0.1) is 0 Å². The van der Waals surface area contributed by atoms with Gasteiger partial charge in [0.05, 0.1) is 11.8 Å². The molecule has 3 aromatic rings. The molecule has 5 nitrogen and oxygen atoms in total. The molecule has 1 heterocycles. The summed E-state index contributed by atoms with van der Waals surface area (Å²) in [6.45, 7) is 0.146. The van der Waals surface area contributed by atoms with Crippen LogP contribution >= 0.6 is 0 Å². The van der Waals surface area contributed by atoms with Crippen molar-refractivity contribution in [1.82, 2.24) is 9.97 Å². The van der Waals surface area contributed by atoms with E-state index in [1.54, 1.807) is 24.3 Å². The number of nitrogens with one attached hydrogen (secondary N) is 1.